The monoisotopic (exact) mass is 335 g/mol. The first kappa shape index (κ1) is 16.1. The highest BCUT2D eigenvalue weighted by Gasteiger charge is 2.05. The molecule has 1 amide bonds. The lowest BCUT2D eigenvalue weighted by molar-refractivity contribution is 0.162. The van der Waals surface area contributed by atoms with E-state index in [0.717, 1.165) is 21.6 Å². The molecule has 0 aliphatic carbocycles. The fraction of sp³-hybridized carbons (Fsp3) is 0.100. The number of amides is 1. The van der Waals surface area contributed by atoms with Gasteiger partial charge in [0.25, 0.3) is 0 Å². The topological polar surface area (TPSA) is 38.7 Å². The Kier molecular flexibility index (Phi) is 5.18. The largest absolute Gasteiger partial charge is 0.448 e. The van der Waals surface area contributed by atoms with Crippen LogP contribution < -0.4 is 4.67 Å². The van der Waals surface area contributed by atoms with Crippen LogP contribution in [0.5, 0.6) is 0 Å². The van der Waals surface area contributed by atoms with Crippen LogP contribution >= 0.6 is 11.3 Å². The average Bonchev–Trinajstić information content (AvgIpc) is 2.63. The van der Waals surface area contributed by atoms with E-state index >= 15 is 0 Å². The maximum Gasteiger partial charge on any atom is 0.434 e. The van der Waals surface area contributed by atoms with Gasteiger partial charge in [-0.25, -0.2) is 4.79 Å². The van der Waals surface area contributed by atoms with E-state index < -0.39 is 6.09 Å². The van der Waals surface area contributed by atoms with Crippen LogP contribution in [-0.2, 0) is 4.74 Å². The Balaban J connectivity index is 2.15. The van der Waals surface area contributed by atoms with Gasteiger partial charge < -0.3 is 4.74 Å². The van der Waals surface area contributed by atoms with Crippen molar-refractivity contribution in [3.05, 3.63) is 77.5 Å². The van der Waals surface area contributed by atoms with Crippen LogP contribution in [0.3, 0.4) is 0 Å². The van der Waals surface area contributed by atoms with Crippen LogP contribution in [0.25, 0.3) is 21.6 Å². The molecule has 0 bridgehead atoms. The fourth-order valence-electron chi connectivity index (χ4n) is 2.33. The molecule has 0 fully saturated rings. The summed E-state index contributed by atoms with van der Waals surface area (Å²) in [7, 11) is 0. The third-order valence-electron chi connectivity index (χ3n) is 3.41. The number of ether oxygens (including phenoxy) is 1. The molecule has 3 aromatic rings. The molecule has 1 aromatic heterocycles. The van der Waals surface area contributed by atoms with Gasteiger partial charge in [0.1, 0.15) is 4.67 Å². The van der Waals surface area contributed by atoms with Gasteiger partial charge in [-0.05, 0) is 35.7 Å². The second kappa shape index (κ2) is 7.70. The number of rotatable bonds is 3. The molecule has 0 unspecified atom stereocenters. The van der Waals surface area contributed by atoms with Crippen LogP contribution in [0.1, 0.15) is 6.92 Å². The lowest BCUT2D eigenvalue weighted by Gasteiger charge is -2.06. The van der Waals surface area contributed by atoms with Crippen molar-refractivity contribution in [3.63, 3.8) is 0 Å². The second-order valence-electron chi connectivity index (χ2n) is 5.09. The van der Waals surface area contributed by atoms with Crippen molar-refractivity contribution in [2.24, 2.45) is 4.99 Å². The molecule has 0 saturated carbocycles. The van der Waals surface area contributed by atoms with Crippen molar-refractivity contribution >= 4 is 17.4 Å². The van der Waals surface area contributed by atoms with E-state index in [2.05, 4.69) is 23.2 Å². The summed E-state index contributed by atoms with van der Waals surface area (Å²) in [6.07, 6.45) is -0.557. The zero-order chi connectivity index (χ0) is 16.8. The van der Waals surface area contributed by atoms with Crippen molar-refractivity contribution in [1.29, 1.82) is 0 Å². The van der Waals surface area contributed by atoms with Gasteiger partial charge in [-0.1, -0.05) is 60.7 Å². The van der Waals surface area contributed by atoms with Crippen LogP contribution in [0.2, 0.25) is 0 Å². The molecule has 2 aromatic carbocycles. The summed E-state index contributed by atoms with van der Waals surface area (Å²) in [4.78, 5) is 16.9. The highest BCUT2D eigenvalue weighted by Crippen LogP contribution is 2.27. The first-order valence-corrected chi connectivity index (χ1v) is 8.55. The zero-order valence-electron chi connectivity index (χ0n) is 13.3. The summed E-state index contributed by atoms with van der Waals surface area (Å²) >= 11 is 1.47. The molecular formula is C20H17NO2S. The molecular weight excluding hydrogens is 318 g/mol. The van der Waals surface area contributed by atoms with Gasteiger partial charge in [-0.3, -0.25) is 0 Å². The highest BCUT2D eigenvalue weighted by atomic mass is 32.1. The highest BCUT2D eigenvalue weighted by molar-refractivity contribution is 7.12. The summed E-state index contributed by atoms with van der Waals surface area (Å²) in [5, 5.41) is 0. The lowest BCUT2D eigenvalue weighted by atomic mass is 10.1. The van der Waals surface area contributed by atoms with E-state index in [-0.39, 0.29) is 0 Å². The van der Waals surface area contributed by atoms with Gasteiger partial charge in [0.05, 0.1) is 6.61 Å². The summed E-state index contributed by atoms with van der Waals surface area (Å²) in [6.45, 7) is 2.09. The molecule has 120 valence electrons. The third kappa shape index (κ3) is 3.97. The predicted octanol–water partition coefficient (Wildman–Crippen LogP) is 5.14. The van der Waals surface area contributed by atoms with Crippen molar-refractivity contribution in [1.82, 2.24) is 0 Å². The summed E-state index contributed by atoms with van der Waals surface area (Å²) in [5.41, 5.74) is 3.21. The molecule has 0 N–H and O–H groups in total. The van der Waals surface area contributed by atoms with Gasteiger partial charge in [-0.15, -0.1) is 11.3 Å². The Morgan fingerprint density at radius 2 is 1.54 bits per heavy atom. The fourth-order valence-corrected chi connectivity index (χ4v) is 3.30. The first-order chi connectivity index (χ1) is 11.8. The molecule has 0 aliphatic rings. The number of carbonyl (C=O) groups excluding carboxylic acids is 1. The quantitative estimate of drug-likeness (QED) is 0.665. The van der Waals surface area contributed by atoms with Crippen LogP contribution in [0.4, 0.5) is 4.79 Å². The van der Waals surface area contributed by atoms with Crippen molar-refractivity contribution in [2.75, 3.05) is 6.61 Å². The predicted molar refractivity (Wildman–Crippen MR) is 97.8 cm³/mol. The van der Waals surface area contributed by atoms with Gasteiger partial charge in [0.2, 0.25) is 0 Å². The summed E-state index contributed by atoms with van der Waals surface area (Å²) in [6, 6.07) is 24.2. The van der Waals surface area contributed by atoms with E-state index in [1.807, 2.05) is 54.6 Å². The number of hydrogen-bond donors (Lipinski definition) is 0. The molecule has 4 heteroatoms. The molecule has 3 rings (SSSR count). The van der Waals surface area contributed by atoms with Crippen LogP contribution in [0.15, 0.2) is 77.8 Å². The number of nitrogens with zero attached hydrogens (tertiary/aromatic N) is 1. The molecule has 24 heavy (non-hydrogen) atoms. The lowest BCUT2D eigenvalue weighted by Crippen LogP contribution is -2.06. The van der Waals surface area contributed by atoms with Gasteiger partial charge in [0, 0.05) is 4.88 Å². The zero-order valence-corrected chi connectivity index (χ0v) is 14.1. The average molecular weight is 335 g/mol. The molecule has 0 aliphatic heterocycles. The van der Waals surface area contributed by atoms with E-state index in [1.165, 1.54) is 11.3 Å². The smallest absolute Gasteiger partial charge is 0.434 e. The van der Waals surface area contributed by atoms with Crippen molar-refractivity contribution in [2.45, 2.75) is 6.92 Å². The molecule has 0 radical (unpaired) electrons. The van der Waals surface area contributed by atoms with Crippen LogP contribution in [-0.4, -0.2) is 12.7 Å². The maximum atomic E-state index is 11.7. The Morgan fingerprint density at radius 1 is 0.917 bits per heavy atom. The van der Waals surface area contributed by atoms with Gasteiger partial charge >= 0.3 is 6.09 Å². The number of carbonyl (C=O) groups is 1. The Hall–Kier alpha value is -2.72. The van der Waals surface area contributed by atoms with E-state index in [9.17, 15) is 4.79 Å². The number of benzene rings is 2. The summed E-state index contributed by atoms with van der Waals surface area (Å²) in [5.74, 6) is 0. The molecule has 0 spiro atoms. The van der Waals surface area contributed by atoms with E-state index in [0.29, 0.717) is 11.3 Å². The van der Waals surface area contributed by atoms with E-state index in [4.69, 9.17) is 4.74 Å². The third-order valence-corrected chi connectivity index (χ3v) is 4.41. The standard InChI is InChI=1S/C20H17NO2S/c1-2-23-20(22)21-19-14-17(15-9-5-3-6-10-15)13-18(24-19)16-11-7-4-8-12-16/h3-14H,2H2,1H3. The minimum atomic E-state index is -0.557. The molecule has 1 heterocycles. The molecule has 0 atom stereocenters. The van der Waals surface area contributed by atoms with Crippen LogP contribution in [0, 0.1) is 0 Å². The minimum Gasteiger partial charge on any atom is -0.448 e. The molecule has 0 saturated heterocycles. The van der Waals surface area contributed by atoms with Gasteiger partial charge in [0.15, 0.2) is 0 Å². The molecule has 3 nitrogen and oxygen atoms in total. The Bertz CT molecular complexity index is 826. The number of hydrogen-bond acceptors (Lipinski definition) is 3. The normalized spacial score (nSPS) is 11.3. The van der Waals surface area contributed by atoms with Crippen molar-refractivity contribution in [3.8, 4) is 21.6 Å². The first-order valence-electron chi connectivity index (χ1n) is 7.74. The minimum absolute atomic E-state index is 0.316. The Morgan fingerprint density at radius 3 is 2.17 bits per heavy atom. The van der Waals surface area contributed by atoms with E-state index in [1.54, 1.807) is 6.92 Å². The summed E-state index contributed by atoms with van der Waals surface area (Å²) < 4.78 is 5.57. The maximum absolute atomic E-state index is 11.7. The van der Waals surface area contributed by atoms with Gasteiger partial charge in [-0.2, -0.15) is 4.99 Å². The second-order valence-corrected chi connectivity index (χ2v) is 6.15. The van der Waals surface area contributed by atoms with Crippen molar-refractivity contribution < 1.29 is 9.53 Å². The Labute approximate surface area is 144 Å². The SMILES string of the molecule is CCOC(=O)N=c1cc(-c2ccccc2)cc(-c2ccccc2)s1.